The molecule has 1 aliphatic carbocycles. The zero-order chi connectivity index (χ0) is 13.2. The Morgan fingerprint density at radius 1 is 1.22 bits per heavy atom. The molecule has 0 spiro atoms. The number of alkyl halides is 3. The van der Waals surface area contributed by atoms with Crippen molar-refractivity contribution in [2.24, 2.45) is 0 Å². The van der Waals surface area contributed by atoms with Gasteiger partial charge < -0.3 is 5.32 Å². The normalized spacial score (nSPS) is 17.8. The number of anilines is 1. The molecule has 0 saturated heterocycles. The molecule has 2 rings (SSSR count). The Morgan fingerprint density at radius 2 is 1.89 bits per heavy atom. The van der Waals surface area contributed by atoms with Gasteiger partial charge in [0.1, 0.15) is 10.7 Å². The summed E-state index contributed by atoms with van der Waals surface area (Å²) in [5, 5.41) is 2.47. The zero-order valence-electron chi connectivity index (χ0n) is 9.60. The lowest BCUT2D eigenvalue weighted by molar-refractivity contribution is -0.137. The number of halogens is 4. The van der Waals surface area contributed by atoms with E-state index in [0.717, 1.165) is 31.9 Å². The summed E-state index contributed by atoms with van der Waals surface area (Å²) in [5.41, 5.74) is -1.00. The third kappa shape index (κ3) is 3.25. The third-order valence-electron chi connectivity index (χ3n) is 2.99. The van der Waals surface area contributed by atoms with Crippen LogP contribution in [0.5, 0.6) is 0 Å². The van der Waals surface area contributed by atoms with Gasteiger partial charge >= 0.3 is 6.18 Å². The zero-order valence-corrected chi connectivity index (χ0v) is 10.4. The molecule has 0 aliphatic heterocycles. The summed E-state index contributed by atoms with van der Waals surface area (Å²) >= 11 is 5.52. The third-order valence-corrected chi connectivity index (χ3v) is 3.27. The Morgan fingerprint density at radius 3 is 2.44 bits per heavy atom. The number of hydrogen-bond acceptors (Lipinski definition) is 3. The van der Waals surface area contributed by atoms with Crippen molar-refractivity contribution in [3.05, 3.63) is 16.9 Å². The van der Waals surface area contributed by atoms with Crippen LogP contribution in [0.2, 0.25) is 5.15 Å². The summed E-state index contributed by atoms with van der Waals surface area (Å²) in [6.45, 7) is 0. The molecule has 0 bridgehead atoms. The Bertz CT molecular complexity index is 416. The van der Waals surface area contributed by atoms with Crippen LogP contribution in [0, 0.1) is 0 Å². The highest BCUT2D eigenvalue weighted by molar-refractivity contribution is 6.30. The molecule has 1 aromatic rings. The standard InChI is InChI=1S/C11H13ClF3N3/c12-9-8(11(13,14)15)6-16-10(18-9)17-7-4-2-1-3-5-7/h6-7H,1-5H2,(H,16,17,18). The molecule has 0 radical (unpaired) electrons. The molecule has 100 valence electrons. The maximum absolute atomic E-state index is 12.5. The van der Waals surface area contributed by atoms with Gasteiger partial charge in [0.25, 0.3) is 0 Å². The second-order valence-electron chi connectivity index (χ2n) is 4.38. The lowest BCUT2D eigenvalue weighted by Crippen LogP contribution is -2.23. The molecule has 1 heterocycles. The van der Waals surface area contributed by atoms with E-state index in [-0.39, 0.29) is 12.0 Å². The molecule has 1 fully saturated rings. The quantitative estimate of drug-likeness (QED) is 0.835. The first kappa shape index (κ1) is 13.4. The summed E-state index contributed by atoms with van der Waals surface area (Å²) in [6, 6.07) is 0.228. The fourth-order valence-electron chi connectivity index (χ4n) is 2.05. The number of hydrogen-bond donors (Lipinski definition) is 1. The van der Waals surface area contributed by atoms with Crippen LogP contribution in [0.1, 0.15) is 37.7 Å². The first-order valence-electron chi connectivity index (χ1n) is 5.83. The van der Waals surface area contributed by atoms with Crippen LogP contribution in [0.3, 0.4) is 0 Å². The SMILES string of the molecule is FC(F)(F)c1cnc(NC2CCCCC2)nc1Cl. The first-order chi connectivity index (χ1) is 8.47. The second-order valence-corrected chi connectivity index (χ2v) is 4.73. The van der Waals surface area contributed by atoms with Crippen LogP contribution in [-0.4, -0.2) is 16.0 Å². The van der Waals surface area contributed by atoms with Gasteiger partial charge in [0.2, 0.25) is 5.95 Å². The fourth-order valence-corrected chi connectivity index (χ4v) is 2.29. The van der Waals surface area contributed by atoms with Gasteiger partial charge in [-0.2, -0.15) is 13.2 Å². The smallest absolute Gasteiger partial charge is 0.351 e. The summed E-state index contributed by atoms with van der Waals surface area (Å²) in [6.07, 6.45) is 1.62. The lowest BCUT2D eigenvalue weighted by Gasteiger charge is -2.22. The first-order valence-corrected chi connectivity index (χ1v) is 6.21. The van der Waals surface area contributed by atoms with E-state index in [1.807, 2.05) is 0 Å². The highest BCUT2D eigenvalue weighted by atomic mass is 35.5. The van der Waals surface area contributed by atoms with E-state index in [1.165, 1.54) is 6.42 Å². The number of nitrogens with zero attached hydrogens (tertiary/aromatic N) is 2. The van der Waals surface area contributed by atoms with Crippen LogP contribution >= 0.6 is 11.6 Å². The molecule has 1 aliphatic rings. The maximum Gasteiger partial charge on any atom is 0.420 e. The average Bonchev–Trinajstić information content (AvgIpc) is 2.28. The molecule has 7 heteroatoms. The highest BCUT2D eigenvalue weighted by Gasteiger charge is 2.34. The Labute approximate surface area is 108 Å². The monoisotopic (exact) mass is 279 g/mol. The van der Waals surface area contributed by atoms with Crippen LogP contribution in [0.4, 0.5) is 19.1 Å². The van der Waals surface area contributed by atoms with E-state index in [2.05, 4.69) is 15.3 Å². The topological polar surface area (TPSA) is 37.8 Å². The fraction of sp³-hybridized carbons (Fsp3) is 0.636. The van der Waals surface area contributed by atoms with Gasteiger partial charge in [-0.1, -0.05) is 30.9 Å². The molecule has 0 amide bonds. The van der Waals surface area contributed by atoms with Crippen molar-refractivity contribution >= 4 is 17.5 Å². The number of rotatable bonds is 2. The van der Waals surface area contributed by atoms with E-state index in [9.17, 15) is 13.2 Å². The molecular formula is C11H13ClF3N3. The molecule has 1 aromatic heterocycles. The predicted molar refractivity (Wildman–Crippen MR) is 62.5 cm³/mol. The molecule has 1 N–H and O–H groups in total. The number of nitrogens with one attached hydrogen (secondary N) is 1. The molecule has 18 heavy (non-hydrogen) atoms. The Kier molecular flexibility index (Phi) is 3.94. The number of aromatic nitrogens is 2. The van der Waals surface area contributed by atoms with Crippen molar-refractivity contribution in [3.63, 3.8) is 0 Å². The maximum atomic E-state index is 12.5. The van der Waals surface area contributed by atoms with Crippen molar-refractivity contribution in [2.45, 2.75) is 44.3 Å². The van der Waals surface area contributed by atoms with Gasteiger partial charge in [-0.3, -0.25) is 0 Å². The predicted octanol–water partition coefficient (Wildman–Crippen LogP) is 3.89. The van der Waals surface area contributed by atoms with E-state index < -0.39 is 16.9 Å². The van der Waals surface area contributed by atoms with Gasteiger partial charge in [0, 0.05) is 12.2 Å². The second kappa shape index (κ2) is 5.30. The molecule has 0 unspecified atom stereocenters. The van der Waals surface area contributed by atoms with Crippen molar-refractivity contribution < 1.29 is 13.2 Å². The Hall–Kier alpha value is -1.04. The highest BCUT2D eigenvalue weighted by Crippen LogP contribution is 2.33. The van der Waals surface area contributed by atoms with Gasteiger partial charge in [0.15, 0.2) is 0 Å². The van der Waals surface area contributed by atoms with Crippen LogP contribution in [0.25, 0.3) is 0 Å². The van der Waals surface area contributed by atoms with E-state index >= 15 is 0 Å². The minimum Gasteiger partial charge on any atom is -0.351 e. The van der Waals surface area contributed by atoms with Gasteiger partial charge in [-0.05, 0) is 12.8 Å². The Balaban J connectivity index is 2.08. The van der Waals surface area contributed by atoms with Crippen LogP contribution < -0.4 is 5.32 Å². The minimum atomic E-state index is -4.51. The minimum absolute atomic E-state index is 0.167. The molecule has 3 nitrogen and oxygen atoms in total. The largest absolute Gasteiger partial charge is 0.420 e. The van der Waals surface area contributed by atoms with Crippen molar-refractivity contribution in [1.29, 1.82) is 0 Å². The van der Waals surface area contributed by atoms with Gasteiger partial charge in [-0.25, -0.2) is 9.97 Å². The van der Waals surface area contributed by atoms with E-state index in [4.69, 9.17) is 11.6 Å². The average molecular weight is 280 g/mol. The molecule has 1 saturated carbocycles. The summed E-state index contributed by atoms with van der Waals surface area (Å²) < 4.78 is 37.4. The summed E-state index contributed by atoms with van der Waals surface area (Å²) in [7, 11) is 0. The summed E-state index contributed by atoms with van der Waals surface area (Å²) in [4.78, 5) is 7.33. The molecular weight excluding hydrogens is 267 g/mol. The van der Waals surface area contributed by atoms with E-state index in [1.54, 1.807) is 0 Å². The van der Waals surface area contributed by atoms with Crippen molar-refractivity contribution in [3.8, 4) is 0 Å². The molecule has 0 aromatic carbocycles. The van der Waals surface area contributed by atoms with Crippen LogP contribution in [-0.2, 0) is 6.18 Å². The van der Waals surface area contributed by atoms with E-state index in [0.29, 0.717) is 0 Å². The summed E-state index contributed by atoms with van der Waals surface area (Å²) in [5.74, 6) is 0.167. The lowest BCUT2D eigenvalue weighted by atomic mass is 9.96. The molecule has 0 atom stereocenters. The van der Waals surface area contributed by atoms with Gasteiger partial charge in [-0.15, -0.1) is 0 Å². The van der Waals surface area contributed by atoms with Crippen molar-refractivity contribution in [2.75, 3.05) is 5.32 Å². The van der Waals surface area contributed by atoms with Crippen LogP contribution in [0.15, 0.2) is 6.20 Å². The van der Waals surface area contributed by atoms with Crippen molar-refractivity contribution in [1.82, 2.24) is 9.97 Å². The van der Waals surface area contributed by atoms with Gasteiger partial charge in [0.05, 0.1) is 0 Å².